The molecule has 0 radical (unpaired) electrons. The third-order valence-electron chi connectivity index (χ3n) is 5.16. The number of aromatic amines is 1. The Bertz CT molecular complexity index is 818. The number of nitrogens with zero attached hydrogens (tertiary/aromatic N) is 2. The first-order valence-electron chi connectivity index (χ1n) is 9.05. The summed E-state index contributed by atoms with van der Waals surface area (Å²) in [4.78, 5) is 22.6. The van der Waals surface area contributed by atoms with E-state index in [0.717, 1.165) is 34.5 Å². The maximum atomic E-state index is 12.7. The van der Waals surface area contributed by atoms with Crippen LogP contribution in [0.25, 0.3) is 11.3 Å². The topological polar surface area (TPSA) is 58.2 Å². The lowest BCUT2D eigenvalue weighted by Gasteiger charge is -2.27. The molecule has 2 aliphatic rings. The molecular formula is C20H24BrN3O2. The molecule has 2 aromatic rings. The normalized spacial score (nSPS) is 21.2. The fourth-order valence-corrected chi connectivity index (χ4v) is 3.90. The Morgan fingerprint density at radius 1 is 1.31 bits per heavy atom. The van der Waals surface area contributed by atoms with Crippen LogP contribution in [0.2, 0.25) is 0 Å². The third-order valence-corrected chi connectivity index (χ3v) is 5.69. The van der Waals surface area contributed by atoms with Crippen molar-refractivity contribution in [3.8, 4) is 11.3 Å². The quantitative estimate of drug-likeness (QED) is 0.720. The molecule has 138 valence electrons. The van der Waals surface area contributed by atoms with Gasteiger partial charge in [0.1, 0.15) is 11.4 Å². The zero-order valence-corrected chi connectivity index (χ0v) is 17.0. The van der Waals surface area contributed by atoms with Gasteiger partial charge in [-0.05, 0) is 63.1 Å². The lowest BCUT2D eigenvalue weighted by Crippen LogP contribution is -2.37. The van der Waals surface area contributed by atoms with Gasteiger partial charge in [0.05, 0.1) is 17.9 Å². The average Bonchev–Trinajstić information content (AvgIpc) is 2.98. The minimum absolute atomic E-state index is 0.0449. The van der Waals surface area contributed by atoms with Gasteiger partial charge >= 0.3 is 6.09 Å². The number of hydrogen-bond acceptors (Lipinski definition) is 3. The summed E-state index contributed by atoms with van der Waals surface area (Å²) in [7, 11) is 0. The van der Waals surface area contributed by atoms with Crippen LogP contribution in [0.3, 0.4) is 0 Å². The van der Waals surface area contributed by atoms with Crippen molar-refractivity contribution in [1.82, 2.24) is 14.9 Å². The summed E-state index contributed by atoms with van der Waals surface area (Å²) in [5.74, 6) is 0.845. The Hall–Kier alpha value is -1.82. The second-order valence-corrected chi connectivity index (χ2v) is 9.43. The number of amides is 1. The molecule has 1 aliphatic heterocycles. The van der Waals surface area contributed by atoms with Crippen LogP contribution >= 0.6 is 15.9 Å². The van der Waals surface area contributed by atoms with Crippen LogP contribution in [0, 0.1) is 5.41 Å². The highest BCUT2D eigenvalue weighted by atomic mass is 79.9. The van der Waals surface area contributed by atoms with Gasteiger partial charge in [0.2, 0.25) is 0 Å². The summed E-state index contributed by atoms with van der Waals surface area (Å²) in [6.07, 6.45) is 4.93. The van der Waals surface area contributed by atoms with Crippen molar-refractivity contribution in [3.05, 3.63) is 40.8 Å². The monoisotopic (exact) mass is 417 g/mol. The molecule has 0 bridgehead atoms. The average molecular weight is 418 g/mol. The van der Waals surface area contributed by atoms with Gasteiger partial charge < -0.3 is 9.72 Å². The van der Waals surface area contributed by atoms with E-state index < -0.39 is 5.60 Å². The van der Waals surface area contributed by atoms with Gasteiger partial charge in [0.25, 0.3) is 0 Å². The van der Waals surface area contributed by atoms with E-state index in [1.54, 1.807) is 0 Å². The highest BCUT2D eigenvalue weighted by Gasteiger charge is 2.55. The van der Waals surface area contributed by atoms with Crippen LogP contribution < -0.4 is 0 Å². The molecule has 1 atom stereocenters. The maximum absolute atomic E-state index is 12.7. The Labute approximate surface area is 162 Å². The molecular weight excluding hydrogens is 394 g/mol. The molecule has 26 heavy (non-hydrogen) atoms. The Morgan fingerprint density at radius 2 is 2.00 bits per heavy atom. The summed E-state index contributed by atoms with van der Waals surface area (Å²) in [5.41, 5.74) is 1.82. The summed E-state index contributed by atoms with van der Waals surface area (Å²) in [6, 6.07) is 8.07. The van der Waals surface area contributed by atoms with Crippen LogP contribution in [0.4, 0.5) is 4.79 Å². The molecule has 1 saturated heterocycles. The van der Waals surface area contributed by atoms with E-state index in [0.29, 0.717) is 0 Å². The van der Waals surface area contributed by atoms with E-state index in [2.05, 4.69) is 25.9 Å². The molecule has 1 saturated carbocycles. The molecule has 2 fully saturated rings. The molecule has 1 aromatic carbocycles. The first-order valence-corrected chi connectivity index (χ1v) is 9.85. The zero-order valence-electron chi connectivity index (χ0n) is 15.4. The number of nitrogens with one attached hydrogen (secondary N) is 1. The molecule has 1 N–H and O–H groups in total. The van der Waals surface area contributed by atoms with Gasteiger partial charge in [0, 0.05) is 11.0 Å². The molecule has 1 amide bonds. The van der Waals surface area contributed by atoms with Gasteiger partial charge in [-0.25, -0.2) is 9.78 Å². The lowest BCUT2D eigenvalue weighted by atomic mass is 10.0. The van der Waals surface area contributed by atoms with E-state index in [9.17, 15) is 4.79 Å². The first-order chi connectivity index (χ1) is 12.2. The number of H-pyrrole nitrogens is 1. The number of rotatable bonds is 2. The lowest BCUT2D eigenvalue weighted by molar-refractivity contribution is 0.0212. The van der Waals surface area contributed by atoms with Gasteiger partial charge in [-0.2, -0.15) is 0 Å². The standard InChI is InChI=1S/C20H24BrN3O2/c1-19(2,3)26-18(25)24-12-20(8-9-20)10-16(24)17-22-11-15(23-17)13-4-6-14(21)7-5-13/h4-7,11,16H,8-10,12H2,1-3H3,(H,22,23)/t16-/m0/s1. The van der Waals surface area contributed by atoms with Crippen molar-refractivity contribution in [2.24, 2.45) is 5.41 Å². The third kappa shape index (κ3) is 3.52. The highest BCUT2D eigenvalue weighted by molar-refractivity contribution is 9.10. The number of ether oxygens (including phenoxy) is 1. The van der Waals surface area contributed by atoms with Crippen LogP contribution in [-0.2, 0) is 4.74 Å². The first kappa shape index (κ1) is 17.6. The Kier molecular flexibility index (Phi) is 4.14. The molecule has 1 aromatic heterocycles. The molecule has 2 heterocycles. The number of likely N-dealkylation sites (tertiary alicyclic amines) is 1. The van der Waals surface area contributed by atoms with E-state index in [-0.39, 0.29) is 17.6 Å². The smallest absolute Gasteiger partial charge is 0.410 e. The van der Waals surface area contributed by atoms with Crippen molar-refractivity contribution < 1.29 is 9.53 Å². The van der Waals surface area contributed by atoms with Gasteiger partial charge in [-0.1, -0.05) is 28.1 Å². The van der Waals surface area contributed by atoms with Crippen molar-refractivity contribution in [1.29, 1.82) is 0 Å². The number of halogens is 1. The fraction of sp³-hybridized carbons (Fsp3) is 0.500. The predicted molar refractivity (Wildman–Crippen MR) is 104 cm³/mol. The molecule has 6 heteroatoms. The van der Waals surface area contributed by atoms with Crippen molar-refractivity contribution in [2.45, 2.75) is 51.7 Å². The van der Waals surface area contributed by atoms with Crippen molar-refractivity contribution in [3.63, 3.8) is 0 Å². The number of benzene rings is 1. The van der Waals surface area contributed by atoms with Crippen molar-refractivity contribution in [2.75, 3.05) is 6.54 Å². The van der Waals surface area contributed by atoms with E-state index >= 15 is 0 Å². The molecule has 1 aliphatic carbocycles. The fourth-order valence-electron chi connectivity index (χ4n) is 3.63. The molecule has 4 rings (SSSR count). The Balaban J connectivity index is 1.59. The number of imidazole rings is 1. The highest BCUT2D eigenvalue weighted by Crippen LogP contribution is 2.58. The van der Waals surface area contributed by atoms with Crippen LogP contribution in [-0.4, -0.2) is 33.1 Å². The number of carbonyl (C=O) groups excluding carboxylic acids is 1. The van der Waals surface area contributed by atoms with Crippen molar-refractivity contribution >= 4 is 22.0 Å². The van der Waals surface area contributed by atoms with Crippen LogP contribution in [0.15, 0.2) is 34.9 Å². The number of hydrogen-bond donors (Lipinski definition) is 1. The largest absolute Gasteiger partial charge is 0.444 e. The SMILES string of the molecule is CC(C)(C)OC(=O)N1CC2(CC2)C[C@H]1c1ncc(-c2ccc(Br)cc2)[nH]1. The molecule has 0 unspecified atom stereocenters. The number of carbonyl (C=O) groups is 1. The van der Waals surface area contributed by atoms with Gasteiger partial charge in [0.15, 0.2) is 0 Å². The second kappa shape index (κ2) is 6.12. The second-order valence-electron chi connectivity index (χ2n) is 8.52. The number of aromatic nitrogens is 2. The summed E-state index contributed by atoms with van der Waals surface area (Å²) < 4.78 is 6.68. The van der Waals surface area contributed by atoms with E-state index in [1.807, 2.05) is 56.1 Å². The molecule has 1 spiro atoms. The maximum Gasteiger partial charge on any atom is 0.410 e. The van der Waals surface area contributed by atoms with Crippen LogP contribution in [0.1, 0.15) is 51.9 Å². The summed E-state index contributed by atoms with van der Waals surface area (Å²) in [5, 5.41) is 0. The van der Waals surface area contributed by atoms with Gasteiger partial charge in [-0.15, -0.1) is 0 Å². The molecule has 5 nitrogen and oxygen atoms in total. The zero-order chi connectivity index (χ0) is 18.5. The van der Waals surface area contributed by atoms with E-state index in [1.165, 1.54) is 12.8 Å². The van der Waals surface area contributed by atoms with Gasteiger partial charge in [-0.3, -0.25) is 4.90 Å². The minimum atomic E-state index is -0.493. The van der Waals surface area contributed by atoms with E-state index in [4.69, 9.17) is 4.74 Å². The van der Waals surface area contributed by atoms with Crippen LogP contribution in [0.5, 0.6) is 0 Å². The minimum Gasteiger partial charge on any atom is -0.444 e. The summed E-state index contributed by atoms with van der Waals surface area (Å²) in [6.45, 7) is 6.48. The predicted octanol–water partition coefficient (Wildman–Crippen LogP) is 5.30. The summed E-state index contributed by atoms with van der Waals surface area (Å²) >= 11 is 3.46. The Morgan fingerprint density at radius 3 is 2.62 bits per heavy atom.